The number of H-pyrrole nitrogens is 1. The molecule has 0 saturated heterocycles. The first kappa shape index (κ1) is 18.8. The molecule has 4 nitrogen and oxygen atoms in total. The van der Waals surface area contributed by atoms with Crippen LogP contribution in [0, 0.1) is 0 Å². The minimum absolute atomic E-state index is 0.266. The van der Waals surface area contributed by atoms with Crippen molar-refractivity contribution in [3.8, 4) is 0 Å². The Bertz CT molecular complexity index is 1400. The molecule has 1 aromatic heterocycles. The van der Waals surface area contributed by atoms with Crippen molar-refractivity contribution in [1.29, 1.82) is 0 Å². The number of Topliss-reactive ketones (excluding diaryl/α,β-unsaturated/α-hetero) is 1. The van der Waals surface area contributed by atoms with E-state index in [1.807, 2.05) is 78.9 Å². The average molecular weight is 405 g/mol. The van der Waals surface area contributed by atoms with Crippen molar-refractivity contribution in [2.24, 2.45) is 0 Å². The maximum Gasteiger partial charge on any atom is 0.339 e. The number of esters is 1. The SMILES string of the molecule is O=C(OC(C(=O)c1c[nH]c2ccccc12)c1ccccc1)c1cccc2ccccc12. The molecule has 5 aromatic rings. The maximum atomic E-state index is 13.6. The second kappa shape index (κ2) is 7.92. The first-order chi connectivity index (χ1) is 15.2. The Balaban J connectivity index is 1.56. The smallest absolute Gasteiger partial charge is 0.339 e. The van der Waals surface area contributed by atoms with Gasteiger partial charge in [0.25, 0.3) is 0 Å². The normalized spacial score (nSPS) is 12.0. The van der Waals surface area contributed by atoms with E-state index in [4.69, 9.17) is 4.74 Å². The number of hydrogen-bond donors (Lipinski definition) is 1. The van der Waals surface area contributed by atoms with E-state index in [9.17, 15) is 9.59 Å². The quantitative estimate of drug-likeness (QED) is 0.284. The molecule has 4 aromatic carbocycles. The maximum absolute atomic E-state index is 13.6. The summed E-state index contributed by atoms with van der Waals surface area (Å²) in [6.07, 6.45) is 0.626. The number of rotatable bonds is 5. The summed E-state index contributed by atoms with van der Waals surface area (Å²) in [6, 6.07) is 29.8. The van der Waals surface area contributed by atoms with E-state index >= 15 is 0 Å². The molecule has 4 heteroatoms. The molecule has 0 aliphatic rings. The highest BCUT2D eigenvalue weighted by Gasteiger charge is 2.29. The zero-order valence-electron chi connectivity index (χ0n) is 16.6. The molecule has 0 aliphatic heterocycles. The van der Waals surface area contributed by atoms with Crippen molar-refractivity contribution in [2.45, 2.75) is 6.10 Å². The van der Waals surface area contributed by atoms with Gasteiger partial charge in [-0.25, -0.2) is 4.79 Å². The molecule has 0 spiro atoms. The fourth-order valence-corrected chi connectivity index (χ4v) is 3.89. The second-order valence-electron chi connectivity index (χ2n) is 7.33. The Morgan fingerprint density at radius 3 is 2.19 bits per heavy atom. The summed E-state index contributed by atoms with van der Waals surface area (Å²) in [7, 11) is 0. The van der Waals surface area contributed by atoms with Gasteiger partial charge in [0.05, 0.1) is 5.56 Å². The minimum atomic E-state index is -1.05. The van der Waals surface area contributed by atoms with Crippen LogP contribution in [0.15, 0.2) is 103 Å². The van der Waals surface area contributed by atoms with Crippen molar-refractivity contribution < 1.29 is 14.3 Å². The Morgan fingerprint density at radius 2 is 1.35 bits per heavy atom. The summed E-state index contributed by atoms with van der Waals surface area (Å²) < 4.78 is 5.86. The van der Waals surface area contributed by atoms with Crippen molar-refractivity contribution >= 4 is 33.4 Å². The van der Waals surface area contributed by atoms with Crippen molar-refractivity contribution in [3.63, 3.8) is 0 Å². The highest BCUT2D eigenvalue weighted by Crippen LogP contribution is 2.29. The van der Waals surface area contributed by atoms with Crippen molar-refractivity contribution in [2.75, 3.05) is 0 Å². The molecule has 0 saturated carbocycles. The highest BCUT2D eigenvalue weighted by atomic mass is 16.5. The van der Waals surface area contributed by atoms with E-state index in [1.165, 1.54) is 0 Å². The van der Waals surface area contributed by atoms with Gasteiger partial charge < -0.3 is 9.72 Å². The van der Waals surface area contributed by atoms with Gasteiger partial charge in [-0.2, -0.15) is 0 Å². The van der Waals surface area contributed by atoms with Gasteiger partial charge in [0.1, 0.15) is 0 Å². The molecule has 150 valence electrons. The van der Waals surface area contributed by atoms with Crippen LogP contribution < -0.4 is 0 Å². The summed E-state index contributed by atoms with van der Waals surface area (Å²) in [4.78, 5) is 29.9. The molecule has 1 unspecified atom stereocenters. The molecule has 1 atom stereocenters. The van der Waals surface area contributed by atoms with Crippen LogP contribution >= 0.6 is 0 Å². The van der Waals surface area contributed by atoms with E-state index in [1.54, 1.807) is 24.4 Å². The van der Waals surface area contributed by atoms with Crippen molar-refractivity contribution in [1.82, 2.24) is 4.98 Å². The Kier molecular flexibility index (Phi) is 4.81. The van der Waals surface area contributed by atoms with E-state index in [-0.39, 0.29) is 5.78 Å². The standard InChI is InChI=1S/C27H19NO3/c29-25(23-17-28-24-16-7-6-14-21(23)24)26(19-10-2-1-3-11-19)31-27(30)22-15-8-12-18-9-4-5-13-20(18)22/h1-17,26,28H. The number of benzene rings is 4. The van der Waals surface area contributed by atoms with E-state index in [2.05, 4.69) is 4.98 Å². The van der Waals surface area contributed by atoms with Crippen LogP contribution in [0.3, 0.4) is 0 Å². The predicted molar refractivity (Wildman–Crippen MR) is 121 cm³/mol. The highest BCUT2D eigenvalue weighted by molar-refractivity contribution is 6.12. The second-order valence-corrected chi connectivity index (χ2v) is 7.33. The van der Waals surface area contributed by atoms with Crippen molar-refractivity contribution in [3.05, 3.63) is 120 Å². The lowest BCUT2D eigenvalue weighted by molar-refractivity contribution is 0.0282. The number of carbonyl (C=O) groups excluding carboxylic acids is 2. The molecule has 1 N–H and O–H groups in total. The molecular weight excluding hydrogens is 386 g/mol. The van der Waals surface area contributed by atoms with Gasteiger partial charge in [0.15, 0.2) is 6.10 Å². The molecule has 0 amide bonds. The summed E-state index contributed by atoms with van der Waals surface area (Å²) in [5.74, 6) is -0.795. The molecular formula is C27H19NO3. The lowest BCUT2D eigenvalue weighted by atomic mass is 9.99. The third-order valence-electron chi connectivity index (χ3n) is 5.43. The fraction of sp³-hybridized carbons (Fsp3) is 0.0370. The van der Waals surface area contributed by atoms with Gasteiger partial charge >= 0.3 is 5.97 Å². The number of hydrogen-bond acceptors (Lipinski definition) is 3. The van der Waals surface area contributed by atoms with Gasteiger partial charge in [0.2, 0.25) is 5.78 Å². The summed E-state index contributed by atoms with van der Waals surface area (Å²) in [5.41, 5.74) is 2.42. The Hall–Kier alpha value is -4.18. The van der Waals surface area contributed by atoms with Gasteiger partial charge in [-0.3, -0.25) is 4.79 Å². The van der Waals surface area contributed by atoms with E-state index in [0.717, 1.165) is 21.7 Å². The number of carbonyl (C=O) groups is 2. The molecule has 0 radical (unpaired) electrons. The van der Waals surface area contributed by atoms with Crippen LogP contribution in [-0.4, -0.2) is 16.7 Å². The third-order valence-corrected chi connectivity index (χ3v) is 5.43. The third kappa shape index (κ3) is 3.49. The predicted octanol–water partition coefficient (Wildman–Crippen LogP) is 6.10. The topological polar surface area (TPSA) is 59.2 Å². The summed E-state index contributed by atoms with van der Waals surface area (Å²) in [5, 5.41) is 2.53. The zero-order valence-corrected chi connectivity index (χ0v) is 16.6. The largest absolute Gasteiger partial charge is 0.445 e. The number of ether oxygens (including phenoxy) is 1. The lowest BCUT2D eigenvalue weighted by Gasteiger charge is -2.18. The number of fused-ring (bicyclic) bond motifs is 2. The first-order valence-electron chi connectivity index (χ1n) is 10.1. The monoisotopic (exact) mass is 405 g/mol. The van der Waals surface area contributed by atoms with E-state index < -0.39 is 12.1 Å². The number of para-hydroxylation sites is 1. The molecule has 31 heavy (non-hydrogen) atoms. The van der Waals surface area contributed by atoms with Crippen LogP contribution in [0.1, 0.15) is 32.4 Å². The fourth-order valence-electron chi connectivity index (χ4n) is 3.89. The minimum Gasteiger partial charge on any atom is -0.445 e. The number of aromatic amines is 1. The molecule has 0 aliphatic carbocycles. The van der Waals surface area contributed by atoms with Crippen LogP contribution in [0.5, 0.6) is 0 Å². The summed E-state index contributed by atoms with van der Waals surface area (Å²) >= 11 is 0. The van der Waals surface area contributed by atoms with Gasteiger partial charge in [-0.05, 0) is 22.9 Å². The average Bonchev–Trinajstić information content (AvgIpc) is 3.26. The van der Waals surface area contributed by atoms with Crippen LogP contribution in [0.25, 0.3) is 21.7 Å². The van der Waals surface area contributed by atoms with Gasteiger partial charge in [-0.15, -0.1) is 0 Å². The molecule has 0 fully saturated rings. The molecule has 0 bridgehead atoms. The lowest BCUT2D eigenvalue weighted by Crippen LogP contribution is -2.20. The van der Waals surface area contributed by atoms with Crippen LogP contribution in [0.2, 0.25) is 0 Å². The summed E-state index contributed by atoms with van der Waals surface area (Å²) in [6.45, 7) is 0. The van der Waals surface area contributed by atoms with Crippen LogP contribution in [0.4, 0.5) is 0 Å². The van der Waals surface area contributed by atoms with Crippen LogP contribution in [-0.2, 0) is 4.74 Å². The Morgan fingerprint density at radius 1 is 0.677 bits per heavy atom. The molecule has 1 heterocycles. The molecule has 5 rings (SSSR count). The number of nitrogens with one attached hydrogen (secondary N) is 1. The number of ketones is 1. The van der Waals surface area contributed by atoms with Gasteiger partial charge in [-0.1, -0.05) is 84.9 Å². The Labute approximate surface area is 179 Å². The zero-order chi connectivity index (χ0) is 21.2. The van der Waals surface area contributed by atoms with E-state index in [0.29, 0.717) is 16.7 Å². The first-order valence-corrected chi connectivity index (χ1v) is 10.1. The van der Waals surface area contributed by atoms with Gasteiger partial charge in [0, 0.05) is 28.2 Å². The number of aromatic nitrogens is 1.